The smallest absolute Gasteiger partial charge is 0.410 e. The Kier molecular flexibility index (Phi) is 10.6. The van der Waals surface area contributed by atoms with Crippen LogP contribution in [-0.2, 0) is 22.4 Å². The summed E-state index contributed by atoms with van der Waals surface area (Å²) in [4.78, 5) is 48.5. The van der Waals surface area contributed by atoms with E-state index in [0.29, 0.717) is 61.7 Å². The zero-order valence-electron chi connectivity index (χ0n) is 26.5. The highest BCUT2D eigenvalue weighted by molar-refractivity contribution is 6.36. The lowest BCUT2D eigenvalue weighted by molar-refractivity contribution is -0.142. The lowest BCUT2D eigenvalue weighted by Gasteiger charge is -2.41. The van der Waals surface area contributed by atoms with Crippen LogP contribution in [0.3, 0.4) is 0 Å². The Morgan fingerprint density at radius 3 is 2.22 bits per heavy atom. The molecule has 46 heavy (non-hydrogen) atoms. The van der Waals surface area contributed by atoms with Crippen molar-refractivity contribution in [1.82, 2.24) is 24.9 Å². The van der Waals surface area contributed by atoms with Gasteiger partial charge in [0.25, 0.3) is 5.91 Å². The second-order valence-corrected chi connectivity index (χ2v) is 13.7. The number of benzene rings is 2. The molecule has 6 rings (SSSR count). The summed E-state index contributed by atoms with van der Waals surface area (Å²) >= 11 is 12.9. The third-order valence-corrected chi connectivity index (χ3v) is 10.8. The number of piperidine rings is 2. The quantitative estimate of drug-likeness (QED) is 0.458. The Labute approximate surface area is 281 Å². The molecule has 2 aromatic rings. The van der Waals surface area contributed by atoms with E-state index in [1.807, 2.05) is 41.0 Å². The van der Waals surface area contributed by atoms with Crippen LogP contribution in [-0.4, -0.2) is 115 Å². The van der Waals surface area contributed by atoms with Crippen molar-refractivity contribution < 1.29 is 19.1 Å². The van der Waals surface area contributed by atoms with Gasteiger partial charge in [0.15, 0.2) is 6.10 Å². The number of carbonyl (C=O) groups is 3. The fraction of sp³-hybridized carbons (Fsp3) is 0.559. The number of urea groups is 1. The van der Waals surface area contributed by atoms with Crippen molar-refractivity contribution in [1.29, 1.82) is 0 Å². The second kappa shape index (κ2) is 14.8. The van der Waals surface area contributed by atoms with E-state index in [1.54, 1.807) is 17.0 Å². The van der Waals surface area contributed by atoms with Crippen LogP contribution in [0, 0.1) is 6.92 Å². The van der Waals surface area contributed by atoms with Gasteiger partial charge in [-0.05, 0) is 73.9 Å². The third-order valence-electron chi connectivity index (χ3n) is 10.0. The average Bonchev–Trinajstić information content (AvgIpc) is 3.25. The second-order valence-electron chi connectivity index (χ2n) is 12.9. The van der Waals surface area contributed by atoms with E-state index in [0.717, 1.165) is 67.8 Å². The summed E-state index contributed by atoms with van der Waals surface area (Å²) in [6.07, 6.45) is 2.54. The van der Waals surface area contributed by atoms with Crippen molar-refractivity contribution in [3.8, 4) is 0 Å². The predicted octanol–water partition coefficient (Wildman–Crippen LogP) is 4.80. The molecule has 2 N–H and O–H groups in total. The summed E-state index contributed by atoms with van der Waals surface area (Å²) in [5.41, 5.74) is 3.50. The van der Waals surface area contributed by atoms with Gasteiger partial charge in [-0.25, -0.2) is 9.59 Å². The van der Waals surface area contributed by atoms with Crippen LogP contribution in [0.5, 0.6) is 0 Å². The molecule has 248 valence electrons. The molecule has 3 saturated heterocycles. The number of piperazine rings is 1. The first-order valence-corrected chi connectivity index (χ1v) is 17.3. The maximum absolute atomic E-state index is 14.0. The standard InChI is InChI=1S/C34H44Cl2N6O4/c1-23-28(35)20-24(21-29(23)36)22-31(32(43)40-13-7-26(8-14-40)39-18-11-37-12-19-39)46-34(45)41-15-9-27(10-16-41)42-17-6-25-4-2-3-5-30(25)38-33(42)44/h2-5,20-21,26-27,31,37H,6-19,22H2,1H3,(H,38,44). The van der Waals surface area contributed by atoms with Crippen LogP contribution >= 0.6 is 23.2 Å². The number of anilines is 1. The van der Waals surface area contributed by atoms with Gasteiger partial charge in [0.1, 0.15) is 0 Å². The minimum Gasteiger partial charge on any atom is -0.436 e. The SMILES string of the molecule is Cc1c(Cl)cc(CC(OC(=O)N2CCC(N3CCc4ccccc4NC3=O)CC2)C(=O)N2CCC(N3CCNCC3)CC2)cc1Cl. The van der Waals surface area contributed by atoms with E-state index in [2.05, 4.69) is 15.5 Å². The topological polar surface area (TPSA) is 97.5 Å². The number of para-hydroxylation sites is 1. The minimum absolute atomic E-state index is 0.0182. The molecule has 0 radical (unpaired) electrons. The van der Waals surface area contributed by atoms with Crippen LogP contribution in [0.2, 0.25) is 10.0 Å². The van der Waals surface area contributed by atoms with Crippen molar-refractivity contribution in [2.75, 3.05) is 64.2 Å². The number of nitrogens with one attached hydrogen (secondary N) is 2. The van der Waals surface area contributed by atoms with Gasteiger partial charge >= 0.3 is 12.1 Å². The van der Waals surface area contributed by atoms with Gasteiger partial charge in [-0.2, -0.15) is 0 Å². The van der Waals surface area contributed by atoms with E-state index in [1.165, 1.54) is 0 Å². The summed E-state index contributed by atoms with van der Waals surface area (Å²) in [6, 6.07) is 11.9. The summed E-state index contributed by atoms with van der Waals surface area (Å²) in [7, 11) is 0. The van der Waals surface area contributed by atoms with Crippen molar-refractivity contribution in [2.45, 2.75) is 63.6 Å². The Balaban J connectivity index is 1.09. The van der Waals surface area contributed by atoms with Crippen LogP contribution in [0.1, 0.15) is 42.4 Å². The summed E-state index contributed by atoms with van der Waals surface area (Å²) < 4.78 is 6.02. The highest BCUT2D eigenvalue weighted by Crippen LogP contribution is 2.28. The monoisotopic (exact) mass is 670 g/mol. The van der Waals surface area contributed by atoms with Gasteiger partial charge < -0.3 is 30.1 Å². The van der Waals surface area contributed by atoms with Gasteiger partial charge in [-0.3, -0.25) is 9.69 Å². The number of hydrogen-bond donors (Lipinski definition) is 2. The zero-order chi connectivity index (χ0) is 32.2. The average molecular weight is 672 g/mol. The normalized spacial score (nSPS) is 20.9. The highest BCUT2D eigenvalue weighted by Gasteiger charge is 2.36. The van der Waals surface area contributed by atoms with E-state index >= 15 is 0 Å². The van der Waals surface area contributed by atoms with Crippen LogP contribution in [0.4, 0.5) is 15.3 Å². The highest BCUT2D eigenvalue weighted by atomic mass is 35.5. The fourth-order valence-corrected chi connectivity index (χ4v) is 7.74. The number of fused-ring (bicyclic) bond motifs is 1. The van der Waals surface area contributed by atoms with Crippen molar-refractivity contribution in [3.63, 3.8) is 0 Å². The number of likely N-dealkylation sites (tertiary alicyclic amines) is 2. The molecule has 4 aliphatic heterocycles. The Morgan fingerprint density at radius 2 is 1.52 bits per heavy atom. The number of rotatable bonds is 6. The molecule has 0 aromatic heterocycles. The maximum atomic E-state index is 14.0. The molecule has 2 aromatic carbocycles. The number of amides is 4. The third kappa shape index (κ3) is 7.56. The molecule has 0 aliphatic carbocycles. The first-order chi connectivity index (χ1) is 22.3. The molecule has 1 unspecified atom stereocenters. The van der Waals surface area contributed by atoms with Gasteiger partial charge in [-0.1, -0.05) is 41.4 Å². The molecule has 12 heteroatoms. The van der Waals surface area contributed by atoms with Crippen LogP contribution < -0.4 is 10.6 Å². The van der Waals surface area contributed by atoms with Crippen molar-refractivity contribution in [2.24, 2.45) is 0 Å². The number of halogens is 2. The number of ether oxygens (including phenoxy) is 1. The zero-order valence-corrected chi connectivity index (χ0v) is 28.0. The van der Waals surface area contributed by atoms with Gasteiger partial charge in [0, 0.05) is 93.1 Å². The number of hydrogen-bond acceptors (Lipinski definition) is 6. The minimum atomic E-state index is -0.995. The summed E-state index contributed by atoms with van der Waals surface area (Å²) in [5.74, 6) is -0.185. The van der Waals surface area contributed by atoms with Gasteiger partial charge in [0.05, 0.1) is 0 Å². The Morgan fingerprint density at radius 1 is 0.891 bits per heavy atom. The Bertz CT molecular complexity index is 1400. The molecule has 4 aliphatic rings. The van der Waals surface area contributed by atoms with Gasteiger partial charge in [-0.15, -0.1) is 0 Å². The van der Waals surface area contributed by atoms with Crippen LogP contribution in [0.15, 0.2) is 36.4 Å². The van der Waals surface area contributed by atoms with E-state index in [9.17, 15) is 14.4 Å². The van der Waals surface area contributed by atoms with E-state index in [4.69, 9.17) is 27.9 Å². The van der Waals surface area contributed by atoms with E-state index in [-0.39, 0.29) is 24.4 Å². The molecule has 3 fully saturated rings. The predicted molar refractivity (Wildman–Crippen MR) is 180 cm³/mol. The van der Waals surface area contributed by atoms with Gasteiger partial charge in [0.2, 0.25) is 0 Å². The first kappa shape index (κ1) is 32.9. The molecular formula is C34H44Cl2N6O4. The number of carbonyl (C=O) groups excluding carboxylic acids is 3. The molecule has 0 bridgehead atoms. The molecule has 10 nitrogen and oxygen atoms in total. The summed E-state index contributed by atoms with van der Waals surface area (Å²) in [5, 5.41) is 7.48. The Hall–Kier alpha value is -3.05. The van der Waals surface area contributed by atoms with Crippen LogP contribution in [0.25, 0.3) is 0 Å². The maximum Gasteiger partial charge on any atom is 0.410 e. The van der Waals surface area contributed by atoms with E-state index < -0.39 is 12.2 Å². The number of nitrogens with zero attached hydrogens (tertiary/aromatic N) is 4. The van der Waals surface area contributed by atoms with Crippen molar-refractivity contribution >= 4 is 46.9 Å². The lowest BCUT2D eigenvalue weighted by atomic mass is 10.00. The molecule has 1 atom stereocenters. The summed E-state index contributed by atoms with van der Waals surface area (Å²) in [6.45, 7) is 8.66. The first-order valence-electron chi connectivity index (χ1n) is 16.6. The lowest BCUT2D eigenvalue weighted by Crippen LogP contribution is -2.54. The molecule has 4 amide bonds. The molecular weight excluding hydrogens is 627 g/mol. The molecule has 4 heterocycles. The van der Waals surface area contributed by atoms with Crippen molar-refractivity contribution in [3.05, 3.63) is 63.1 Å². The fourth-order valence-electron chi connectivity index (χ4n) is 7.21. The molecule has 0 spiro atoms. The largest absolute Gasteiger partial charge is 0.436 e. The molecule has 0 saturated carbocycles.